The zero-order valence-corrected chi connectivity index (χ0v) is 17.3. The van der Waals surface area contributed by atoms with E-state index in [0.717, 1.165) is 11.1 Å². The van der Waals surface area contributed by atoms with E-state index in [1.54, 1.807) is 19.4 Å². The molecule has 0 aliphatic heterocycles. The number of fused-ring (bicyclic) bond motifs is 1. The standard InChI is InChI=1S/C23H18FN7O/c1-14-8-9-25-18(10-14)16-12-26-30(2)21(16)23(32)27-19-11-20-28-22(15-6-4-3-5-7-15)29-31(20)13-17(19)24/h3-13H,1-2H3,(H,27,32). The number of aryl methyl sites for hydroxylation is 2. The zero-order chi connectivity index (χ0) is 22.2. The molecule has 9 heteroatoms. The first-order chi connectivity index (χ1) is 15.5. The third-order valence-corrected chi connectivity index (χ3v) is 5.05. The Labute approximate surface area is 182 Å². The number of hydrogen-bond donors (Lipinski definition) is 1. The molecule has 0 aliphatic carbocycles. The molecule has 4 aromatic heterocycles. The summed E-state index contributed by atoms with van der Waals surface area (Å²) in [5.74, 6) is -0.671. The van der Waals surface area contributed by atoms with Gasteiger partial charge in [-0.25, -0.2) is 13.9 Å². The highest BCUT2D eigenvalue weighted by Gasteiger charge is 2.21. The Morgan fingerprint density at radius 3 is 2.72 bits per heavy atom. The lowest BCUT2D eigenvalue weighted by atomic mass is 10.1. The third kappa shape index (κ3) is 3.49. The Morgan fingerprint density at radius 1 is 1.12 bits per heavy atom. The molecule has 1 aromatic carbocycles. The molecule has 0 radical (unpaired) electrons. The number of carbonyl (C=O) groups is 1. The molecule has 4 heterocycles. The molecule has 0 saturated heterocycles. The van der Waals surface area contributed by atoms with E-state index in [9.17, 15) is 9.18 Å². The Balaban J connectivity index is 1.49. The van der Waals surface area contributed by atoms with Gasteiger partial charge in [0.05, 0.1) is 29.3 Å². The number of hydrogen-bond acceptors (Lipinski definition) is 5. The van der Waals surface area contributed by atoms with Gasteiger partial charge in [0.15, 0.2) is 17.3 Å². The molecule has 0 unspecified atom stereocenters. The van der Waals surface area contributed by atoms with Crippen LogP contribution in [0, 0.1) is 12.7 Å². The van der Waals surface area contributed by atoms with E-state index >= 15 is 0 Å². The summed E-state index contributed by atoms with van der Waals surface area (Å²) in [5.41, 5.74) is 3.67. The number of anilines is 1. The molecular formula is C23H18FN7O. The Kier molecular flexibility index (Phi) is 4.70. The normalized spacial score (nSPS) is 11.1. The van der Waals surface area contributed by atoms with Crippen LogP contribution in [-0.2, 0) is 7.05 Å². The van der Waals surface area contributed by atoms with Gasteiger partial charge in [0.2, 0.25) is 0 Å². The van der Waals surface area contributed by atoms with Gasteiger partial charge in [0, 0.05) is 24.9 Å². The molecule has 5 aromatic rings. The van der Waals surface area contributed by atoms with Crippen LogP contribution in [0.15, 0.2) is 67.1 Å². The molecule has 8 nitrogen and oxygen atoms in total. The fourth-order valence-electron chi connectivity index (χ4n) is 3.47. The number of amides is 1. The molecule has 1 N–H and O–H groups in total. The van der Waals surface area contributed by atoms with Crippen molar-refractivity contribution in [3.8, 4) is 22.6 Å². The van der Waals surface area contributed by atoms with Crippen LogP contribution in [0.2, 0.25) is 0 Å². The molecule has 32 heavy (non-hydrogen) atoms. The van der Waals surface area contributed by atoms with Crippen LogP contribution >= 0.6 is 0 Å². The van der Waals surface area contributed by atoms with E-state index in [4.69, 9.17) is 0 Å². The van der Waals surface area contributed by atoms with E-state index in [1.807, 2.05) is 49.4 Å². The van der Waals surface area contributed by atoms with Crippen molar-refractivity contribution < 1.29 is 9.18 Å². The molecular weight excluding hydrogens is 409 g/mol. The van der Waals surface area contributed by atoms with Crippen molar-refractivity contribution in [2.24, 2.45) is 7.05 Å². The Morgan fingerprint density at radius 2 is 1.94 bits per heavy atom. The minimum absolute atomic E-state index is 0.00105. The highest BCUT2D eigenvalue weighted by molar-refractivity contribution is 6.07. The summed E-state index contributed by atoms with van der Waals surface area (Å²) < 4.78 is 17.6. The van der Waals surface area contributed by atoms with E-state index in [-0.39, 0.29) is 11.4 Å². The number of halogens is 1. The second kappa shape index (κ2) is 7.69. The van der Waals surface area contributed by atoms with Crippen molar-refractivity contribution in [1.82, 2.24) is 29.4 Å². The van der Waals surface area contributed by atoms with Crippen LogP contribution in [-0.4, -0.2) is 35.3 Å². The molecule has 5 rings (SSSR count). The molecule has 0 saturated carbocycles. The molecule has 158 valence electrons. The van der Waals surface area contributed by atoms with Crippen LogP contribution in [0.25, 0.3) is 28.3 Å². The average Bonchev–Trinajstić information content (AvgIpc) is 3.38. The summed E-state index contributed by atoms with van der Waals surface area (Å²) in [5, 5.41) is 11.1. The van der Waals surface area contributed by atoms with Crippen LogP contribution < -0.4 is 5.32 Å². The number of nitrogens with one attached hydrogen (secondary N) is 1. The summed E-state index contributed by atoms with van der Waals surface area (Å²) in [6.07, 6.45) is 4.43. The first kappa shape index (κ1) is 19.6. The molecule has 1 amide bonds. The number of rotatable bonds is 4. The van der Waals surface area contributed by atoms with Crippen LogP contribution in [0.3, 0.4) is 0 Å². The van der Waals surface area contributed by atoms with Gasteiger partial charge in [-0.15, -0.1) is 5.10 Å². The minimum atomic E-state index is -0.632. The summed E-state index contributed by atoms with van der Waals surface area (Å²) in [4.78, 5) is 21.9. The van der Waals surface area contributed by atoms with Gasteiger partial charge in [0.1, 0.15) is 5.69 Å². The molecule has 0 spiro atoms. The summed E-state index contributed by atoms with van der Waals surface area (Å²) in [6, 6.07) is 14.6. The molecule has 0 bridgehead atoms. The summed E-state index contributed by atoms with van der Waals surface area (Å²) in [7, 11) is 1.65. The maximum atomic E-state index is 14.8. The number of benzene rings is 1. The number of nitrogens with zero attached hydrogens (tertiary/aromatic N) is 6. The smallest absolute Gasteiger partial charge is 0.274 e. The van der Waals surface area contributed by atoms with Crippen LogP contribution in [0.5, 0.6) is 0 Å². The fraction of sp³-hybridized carbons (Fsp3) is 0.0870. The Hall–Kier alpha value is -4.40. The van der Waals surface area contributed by atoms with Gasteiger partial charge >= 0.3 is 0 Å². The quantitative estimate of drug-likeness (QED) is 0.470. The summed E-state index contributed by atoms with van der Waals surface area (Å²) in [6.45, 7) is 1.94. The highest BCUT2D eigenvalue weighted by Crippen LogP contribution is 2.25. The van der Waals surface area contributed by atoms with Crippen molar-refractivity contribution in [3.05, 3.63) is 84.2 Å². The SMILES string of the molecule is Cc1ccnc(-c2cnn(C)c2C(=O)Nc2cc3nc(-c4ccccc4)nn3cc2F)c1. The number of aromatic nitrogens is 6. The van der Waals surface area contributed by atoms with Crippen molar-refractivity contribution in [1.29, 1.82) is 0 Å². The predicted octanol–water partition coefficient (Wildman–Crippen LogP) is 3.89. The van der Waals surface area contributed by atoms with Gasteiger partial charge in [-0.1, -0.05) is 30.3 Å². The lowest BCUT2D eigenvalue weighted by Crippen LogP contribution is -2.18. The van der Waals surface area contributed by atoms with Crippen molar-refractivity contribution >= 4 is 17.2 Å². The Bertz CT molecular complexity index is 1460. The van der Waals surface area contributed by atoms with Gasteiger partial charge < -0.3 is 5.32 Å². The highest BCUT2D eigenvalue weighted by atomic mass is 19.1. The van der Waals surface area contributed by atoms with Gasteiger partial charge in [-0.05, 0) is 24.6 Å². The first-order valence-electron chi connectivity index (χ1n) is 9.87. The van der Waals surface area contributed by atoms with E-state index in [1.165, 1.54) is 21.5 Å². The largest absolute Gasteiger partial charge is 0.318 e. The lowest BCUT2D eigenvalue weighted by Gasteiger charge is -2.09. The fourth-order valence-corrected chi connectivity index (χ4v) is 3.47. The number of pyridine rings is 2. The van der Waals surface area contributed by atoms with E-state index in [2.05, 4.69) is 25.5 Å². The van der Waals surface area contributed by atoms with Gasteiger partial charge in [-0.2, -0.15) is 5.10 Å². The van der Waals surface area contributed by atoms with Gasteiger partial charge in [-0.3, -0.25) is 14.5 Å². The second-order valence-electron chi connectivity index (χ2n) is 7.34. The van der Waals surface area contributed by atoms with Crippen LogP contribution in [0.1, 0.15) is 16.1 Å². The second-order valence-corrected chi connectivity index (χ2v) is 7.34. The third-order valence-electron chi connectivity index (χ3n) is 5.05. The van der Waals surface area contributed by atoms with E-state index in [0.29, 0.717) is 22.7 Å². The first-order valence-corrected chi connectivity index (χ1v) is 9.87. The molecule has 0 atom stereocenters. The lowest BCUT2D eigenvalue weighted by molar-refractivity contribution is 0.101. The predicted molar refractivity (Wildman–Crippen MR) is 118 cm³/mol. The van der Waals surface area contributed by atoms with Crippen molar-refractivity contribution in [2.45, 2.75) is 6.92 Å². The minimum Gasteiger partial charge on any atom is -0.318 e. The van der Waals surface area contributed by atoms with Crippen LogP contribution in [0.4, 0.5) is 10.1 Å². The van der Waals surface area contributed by atoms with Crippen molar-refractivity contribution in [3.63, 3.8) is 0 Å². The maximum absolute atomic E-state index is 14.8. The zero-order valence-electron chi connectivity index (χ0n) is 17.3. The molecule has 0 fully saturated rings. The monoisotopic (exact) mass is 427 g/mol. The van der Waals surface area contributed by atoms with Crippen molar-refractivity contribution in [2.75, 3.05) is 5.32 Å². The van der Waals surface area contributed by atoms with Gasteiger partial charge in [0.25, 0.3) is 5.91 Å². The maximum Gasteiger partial charge on any atom is 0.274 e. The number of carbonyl (C=O) groups excluding carboxylic acids is 1. The topological polar surface area (TPSA) is 90.0 Å². The average molecular weight is 427 g/mol. The van der Waals surface area contributed by atoms with E-state index < -0.39 is 11.7 Å². The molecule has 0 aliphatic rings. The summed E-state index contributed by atoms with van der Waals surface area (Å²) >= 11 is 0.